The fourth-order valence-electron chi connectivity index (χ4n) is 5.69. The predicted molar refractivity (Wildman–Crippen MR) is 148 cm³/mol. The number of anilines is 1. The van der Waals surface area contributed by atoms with Gasteiger partial charge in [-0.25, -0.2) is 0 Å². The van der Waals surface area contributed by atoms with Crippen molar-refractivity contribution < 1.29 is 24.2 Å². The van der Waals surface area contributed by atoms with E-state index in [0.29, 0.717) is 25.3 Å². The summed E-state index contributed by atoms with van der Waals surface area (Å²) in [5, 5.41) is 16.0. The number of aliphatic hydroxyl groups is 1. The third kappa shape index (κ3) is 6.00. The van der Waals surface area contributed by atoms with Gasteiger partial charge in [-0.05, 0) is 60.1 Å². The van der Waals surface area contributed by atoms with Crippen LogP contribution < -0.4 is 15.4 Å². The van der Waals surface area contributed by atoms with Crippen LogP contribution in [0.5, 0.6) is 5.75 Å². The summed E-state index contributed by atoms with van der Waals surface area (Å²) >= 11 is 0. The summed E-state index contributed by atoms with van der Waals surface area (Å²) < 4.78 is 12.3. The maximum Gasteiger partial charge on any atom is 0.224 e. The number of hydrogen-bond donors (Lipinski definition) is 3. The van der Waals surface area contributed by atoms with Gasteiger partial charge in [0.25, 0.3) is 0 Å². The monoisotopic (exact) mass is 526 g/mol. The minimum atomic E-state index is -0.521. The van der Waals surface area contributed by atoms with Crippen molar-refractivity contribution in [2.24, 2.45) is 5.92 Å². The molecule has 3 aromatic rings. The van der Waals surface area contributed by atoms with Crippen molar-refractivity contribution in [3.8, 4) is 16.9 Å². The molecule has 2 aliphatic heterocycles. The van der Waals surface area contributed by atoms with E-state index in [1.807, 2.05) is 48.5 Å². The highest BCUT2D eigenvalue weighted by Gasteiger charge is 2.46. The number of fused-ring (bicyclic) bond motifs is 3. The Labute approximate surface area is 228 Å². The quantitative estimate of drug-likeness (QED) is 0.373. The van der Waals surface area contributed by atoms with Crippen LogP contribution in [0.2, 0.25) is 0 Å². The van der Waals surface area contributed by atoms with Crippen molar-refractivity contribution in [1.82, 2.24) is 5.32 Å². The average Bonchev–Trinajstić information content (AvgIpc) is 3.70. The zero-order valence-electron chi connectivity index (χ0n) is 21.8. The lowest BCUT2D eigenvalue weighted by Crippen LogP contribution is -2.47. The van der Waals surface area contributed by atoms with Crippen molar-refractivity contribution in [3.05, 3.63) is 83.9 Å². The van der Waals surface area contributed by atoms with Crippen LogP contribution in [0.4, 0.5) is 5.69 Å². The first-order valence-corrected chi connectivity index (χ1v) is 13.8. The molecular weight excluding hydrogens is 492 g/mol. The molecule has 3 aliphatic rings. The molecular formula is C32H34N2O5. The van der Waals surface area contributed by atoms with E-state index >= 15 is 0 Å². The lowest BCUT2D eigenvalue weighted by molar-refractivity contribution is -0.142. The van der Waals surface area contributed by atoms with Crippen LogP contribution in [0, 0.1) is 5.92 Å². The minimum Gasteiger partial charge on any atom is -0.487 e. The summed E-state index contributed by atoms with van der Waals surface area (Å²) in [5.41, 5.74) is 5.06. The van der Waals surface area contributed by atoms with Gasteiger partial charge in [0, 0.05) is 30.1 Å². The molecule has 0 radical (unpaired) electrons. The van der Waals surface area contributed by atoms with E-state index in [0.717, 1.165) is 46.5 Å². The van der Waals surface area contributed by atoms with Crippen molar-refractivity contribution in [2.75, 3.05) is 11.9 Å². The number of rotatable bonds is 9. The van der Waals surface area contributed by atoms with Gasteiger partial charge >= 0.3 is 0 Å². The molecule has 0 bridgehead atoms. The van der Waals surface area contributed by atoms with Gasteiger partial charge in [0.15, 0.2) is 0 Å². The van der Waals surface area contributed by atoms with E-state index in [2.05, 4.69) is 34.9 Å². The topological polar surface area (TPSA) is 96.9 Å². The molecule has 39 heavy (non-hydrogen) atoms. The summed E-state index contributed by atoms with van der Waals surface area (Å²) in [7, 11) is 0. The van der Waals surface area contributed by atoms with Crippen LogP contribution in [0.15, 0.2) is 72.8 Å². The van der Waals surface area contributed by atoms with Gasteiger partial charge in [-0.15, -0.1) is 0 Å². The molecule has 0 unspecified atom stereocenters. The Morgan fingerprint density at radius 2 is 1.67 bits per heavy atom. The number of hydrogen-bond acceptors (Lipinski definition) is 5. The normalized spacial score (nSPS) is 23.3. The van der Waals surface area contributed by atoms with Crippen LogP contribution in [0.25, 0.3) is 11.1 Å². The Morgan fingerprint density at radius 3 is 2.41 bits per heavy atom. The fraction of sp³-hybridized carbons (Fsp3) is 0.375. The summed E-state index contributed by atoms with van der Waals surface area (Å²) in [4.78, 5) is 25.2. The number of carbonyl (C=O) groups is 2. The standard InChI is InChI=1S/C32H34N2O5/c35-19-29-32-27(26-15-24(12-13-28(26)39-32)34-31(37)14-20-6-7-20)16-25(38-29)17-30(36)33-18-21-8-10-23(11-9-21)22-4-2-1-3-5-22/h1-5,8-13,15,20,25,27,29,32,35H,6-7,14,16-19H2,(H,33,36)(H,34,37)/t25-,27-,29+,32+/m0/s1. The Kier molecular flexibility index (Phi) is 7.35. The first-order chi connectivity index (χ1) is 19.1. The molecule has 6 rings (SSSR count). The van der Waals surface area contributed by atoms with Gasteiger partial charge in [-0.2, -0.15) is 0 Å². The van der Waals surface area contributed by atoms with Gasteiger partial charge in [0.2, 0.25) is 11.8 Å². The molecule has 1 saturated heterocycles. The fourth-order valence-corrected chi connectivity index (χ4v) is 5.69. The highest BCUT2D eigenvalue weighted by atomic mass is 16.6. The lowest BCUT2D eigenvalue weighted by Gasteiger charge is -2.37. The van der Waals surface area contributed by atoms with Crippen molar-refractivity contribution >= 4 is 17.5 Å². The van der Waals surface area contributed by atoms with E-state index in [4.69, 9.17) is 9.47 Å². The van der Waals surface area contributed by atoms with Crippen LogP contribution in [0.1, 0.15) is 49.1 Å². The first-order valence-electron chi connectivity index (χ1n) is 13.8. The molecule has 2 heterocycles. The molecule has 0 aromatic heterocycles. The summed E-state index contributed by atoms with van der Waals surface area (Å²) in [6.07, 6.45) is 2.46. The predicted octanol–water partition coefficient (Wildman–Crippen LogP) is 4.79. The van der Waals surface area contributed by atoms with Gasteiger partial charge in [-0.3, -0.25) is 9.59 Å². The third-order valence-corrected chi connectivity index (χ3v) is 7.92. The Morgan fingerprint density at radius 1 is 0.897 bits per heavy atom. The maximum atomic E-state index is 12.8. The highest BCUT2D eigenvalue weighted by molar-refractivity contribution is 5.91. The number of amides is 2. The van der Waals surface area contributed by atoms with E-state index < -0.39 is 6.10 Å². The van der Waals surface area contributed by atoms with E-state index in [9.17, 15) is 14.7 Å². The number of ether oxygens (including phenoxy) is 2. The smallest absolute Gasteiger partial charge is 0.224 e. The number of benzene rings is 3. The van der Waals surface area contributed by atoms with Gasteiger partial charge in [0.1, 0.15) is 18.0 Å². The number of carbonyl (C=O) groups excluding carboxylic acids is 2. The van der Waals surface area contributed by atoms with Crippen molar-refractivity contribution in [3.63, 3.8) is 0 Å². The molecule has 4 atom stereocenters. The van der Waals surface area contributed by atoms with E-state index in [1.54, 1.807) is 0 Å². The van der Waals surface area contributed by atoms with E-state index in [-0.39, 0.29) is 43.0 Å². The average molecular weight is 527 g/mol. The zero-order chi connectivity index (χ0) is 26.8. The third-order valence-electron chi connectivity index (χ3n) is 7.92. The zero-order valence-corrected chi connectivity index (χ0v) is 21.8. The largest absolute Gasteiger partial charge is 0.487 e. The second-order valence-electron chi connectivity index (χ2n) is 10.9. The molecule has 3 aromatic carbocycles. The minimum absolute atomic E-state index is 0.0190. The van der Waals surface area contributed by atoms with Crippen LogP contribution in [-0.2, 0) is 20.9 Å². The molecule has 0 spiro atoms. The second-order valence-corrected chi connectivity index (χ2v) is 10.9. The Bertz CT molecular complexity index is 1320. The summed E-state index contributed by atoms with van der Waals surface area (Å²) in [5.74, 6) is 1.19. The molecule has 1 aliphatic carbocycles. The number of aliphatic hydroxyl groups excluding tert-OH is 1. The van der Waals surface area contributed by atoms with Gasteiger partial charge in [0.05, 0.1) is 19.1 Å². The SMILES string of the molecule is O=C(C[C@@H]1C[C@H]2c3cc(NC(=O)CC4CC4)ccc3O[C@H]2[C@@H](CO)O1)NCc1ccc(-c2ccccc2)cc1. The summed E-state index contributed by atoms with van der Waals surface area (Å²) in [6, 6.07) is 24.1. The molecule has 202 valence electrons. The molecule has 7 nitrogen and oxygen atoms in total. The van der Waals surface area contributed by atoms with Gasteiger partial charge in [-0.1, -0.05) is 54.6 Å². The van der Waals surface area contributed by atoms with Crippen molar-refractivity contribution in [2.45, 2.75) is 62.9 Å². The summed E-state index contributed by atoms with van der Waals surface area (Å²) in [6.45, 7) is 0.248. The molecule has 3 N–H and O–H groups in total. The lowest BCUT2D eigenvalue weighted by atomic mass is 9.84. The highest BCUT2D eigenvalue weighted by Crippen LogP contribution is 2.47. The Hall–Kier alpha value is -3.68. The maximum absolute atomic E-state index is 12.8. The van der Waals surface area contributed by atoms with Gasteiger partial charge < -0.3 is 25.2 Å². The molecule has 7 heteroatoms. The van der Waals surface area contributed by atoms with Crippen LogP contribution >= 0.6 is 0 Å². The molecule has 1 saturated carbocycles. The van der Waals surface area contributed by atoms with E-state index in [1.165, 1.54) is 0 Å². The van der Waals surface area contributed by atoms with Crippen LogP contribution in [-0.4, -0.2) is 41.8 Å². The molecule has 2 amide bonds. The first kappa shape index (κ1) is 25.6. The molecule has 2 fully saturated rings. The number of nitrogens with one attached hydrogen (secondary N) is 2. The Balaban J connectivity index is 1.06. The second kappa shape index (κ2) is 11.2. The van der Waals surface area contributed by atoms with Crippen LogP contribution in [0.3, 0.4) is 0 Å². The van der Waals surface area contributed by atoms with Crippen molar-refractivity contribution in [1.29, 1.82) is 0 Å².